The second kappa shape index (κ2) is 7.64. The number of benzene rings is 2. The van der Waals surface area contributed by atoms with Crippen molar-refractivity contribution in [3.05, 3.63) is 64.7 Å². The Hall–Kier alpha value is -2.86. The molecule has 0 saturated heterocycles. The van der Waals surface area contributed by atoms with Crippen molar-refractivity contribution in [1.82, 2.24) is 4.90 Å². The summed E-state index contributed by atoms with van der Waals surface area (Å²) >= 11 is 0. The molecule has 0 spiro atoms. The number of nitrogens with zero attached hydrogens (tertiary/aromatic N) is 1. The first-order chi connectivity index (χ1) is 13.5. The second-order valence-electron chi connectivity index (χ2n) is 7.52. The van der Waals surface area contributed by atoms with Crippen LogP contribution in [0, 0.1) is 0 Å². The molecule has 1 aliphatic heterocycles. The maximum absolute atomic E-state index is 13.0. The van der Waals surface area contributed by atoms with Gasteiger partial charge in [-0.15, -0.1) is 0 Å². The Morgan fingerprint density at radius 3 is 2.61 bits per heavy atom. The van der Waals surface area contributed by atoms with E-state index in [0.717, 1.165) is 36.8 Å². The highest BCUT2D eigenvalue weighted by Gasteiger charge is 2.33. The van der Waals surface area contributed by atoms with Crippen molar-refractivity contribution in [2.24, 2.45) is 5.73 Å². The maximum Gasteiger partial charge on any atom is 0.258 e. The maximum atomic E-state index is 13.0. The van der Waals surface area contributed by atoms with E-state index in [1.807, 2.05) is 30.3 Å². The van der Waals surface area contributed by atoms with Gasteiger partial charge in [-0.3, -0.25) is 9.59 Å². The van der Waals surface area contributed by atoms with Crippen LogP contribution in [0.25, 0.3) is 0 Å². The van der Waals surface area contributed by atoms with E-state index in [1.165, 1.54) is 0 Å². The molecule has 1 fully saturated rings. The molecular weight excluding hydrogens is 356 g/mol. The zero-order valence-corrected chi connectivity index (χ0v) is 15.6. The Bertz CT molecular complexity index is 894. The van der Waals surface area contributed by atoms with E-state index in [9.17, 15) is 14.7 Å². The molecule has 28 heavy (non-hydrogen) atoms. The Kier molecular flexibility index (Phi) is 5.05. The Morgan fingerprint density at radius 1 is 1.14 bits per heavy atom. The van der Waals surface area contributed by atoms with Crippen LogP contribution in [0.1, 0.15) is 57.5 Å². The number of fused-ring (bicyclic) bond motifs is 1. The zero-order valence-electron chi connectivity index (χ0n) is 15.6. The first kappa shape index (κ1) is 18.5. The van der Waals surface area contributed by atoms with Gasteiger partial charge in [-0.1, -0.05) is 30.7 Å². The number of carbonyl (C=O) groups is 2. The summed E-state index contributed by atoms with van der Waals surface area (Å²) in [4.78, 5) is 26.0. The van der Waals surface area contributed by atoms with Gasteiger partial charge in [0.2, 0.25) is 5.91 Å². The SMILES string of the molecule is NC(=O)c1ccc(CN2Cc3cccc(OC4CCCC[C@@H]4O)c3C2=O)cc1. The average molecular weight is 380 g/mol. The highest BCUT2D eigenvalue weighted by Crippen LogP contribution is 2.34. The number of aliphatic hydroxyl groups excluding tert-OH is 1. The molecule has 0 radical (unpaired) electrons. The summed E-state index contributed by atoms with van der Waals surface area (Å²) in [6.07, 6.45) is 2.83. The average Bonchev–Trinajstić information content (AvgIpc) is 3.00. The molecule has 1 unspecified atom stereocenters. The van der Waals surface area contributed by atoms with Gasteiger partial charge in [0.05, 0.1) is 11.7 Å². The second-order valence-corrected chi connectivity index (χ2v) is 7.52. The summed E-state index contributed by atoms with van der Waals surface area (Å²) in [5.74, 6) is 0.0119. The minimum absolute atomic E-state index is 0.0742. The largest absolute Gasteiger partial charge is 0.487 e. The van der Waals surface area contributed by atoms with Crippen LogP contribution >= 0.6 is 0 Å². The van der Waals surface area contributed by atoms with E-state index in [0.29, 0.717) is 30.0 Å². The summed E-state index contributed by atoms with van der Waals surface area (Å²) in [7, 11) is 0. The van der Waals surface area contributed by atoms with E-state index in [2.05, 4.69) is 0 Å². The highest BCUT2D eigenvalue weighted by molar-refractivity contribution is 6.01. The van der Waals surface area contributed by atoms with Crippen LogP contribution in [0.4, 0.5) is 0 Å². The van der Waals surface area contributed by atoms with Gasteiger partial charge in [-0.2, -0.15) is 0 Å². The molecular formula is C22H24N2O4. The summed E-state index contributed by atoms with van der Waals surface area (Å²) in [6.45, 7) is 0.953. The lowest BCUT2D eigenvalue weighted by Crippen LogP contribution is -2.35. The molecule has 2 aliphatic rings. The molecule has 2 aromatic carbocycles. The van der Waals surface area contributed by atoms with Crippen LogP contribution in [-0.2, 0) is 13.1 Å². The smallest absolute Gasteiger partial charge is 0.258 e. The first-order valence-electron chi connectivity index (χ1n) is 9.67. The lowest BCUT2D eigenvalue weighted by atomic mass is 9.94. The quantitative estimate of drug-likeness (QED) is 0.834. The zero-order chi connectivity index (χ0) is 19.7. The lowest BCUT2D eigenvalue weighted by Gasteiger charge is -2.28. The number of hydrogen-bond donors (Lipinski definition) is 2. The summed E-state index contributed by atoms with van der Waals surface area (Å²) in [5.41, 5.74) is 8.17. The van der Waals surface area contributed by atoms with Crippen LogP contribution in [0.3, 0.4) is 0 Å². The summed E-state index contributed by atoms with van der Waals surface area (Å²) in [5, 5.41) is 10.2. The number of hydrogen-bond acceptors (Lipinski definition) is 4. The molecule has 2 atom stereocenters. The normalized spacial score (nSPS) is 21.5. The molecule has 0 bridgehead atoms. The van der Waals surface area contributed by atoms with Crippen LogP contribution < -0.4 is 10.5 Å². The van der Waals surface area contributed by atoms with Gasteiger partial charge in [-0.05, 0) is 48.6 Å². The Morgan fingerprint density at radius 2 is 1.89 bits per heavy atom. The highest BCUT2D eigenvalue weighted by atomic mass is 16.5. The molecule has 2 amide bonds. The van der Waals surface area contributed by atoms with Gasteiger partial charge in [-0.25, -0.2) is 0 Å². The van der Waals surface area contributed by atoms with Crippen molar-refractivity contribution in [1.29, 1.82) is 0 Å². The first-order valence-corrected chi connectivity index (χ1v) is 9.67. The number of rotatable bonds is 5. The van der Waals surface area contributed by atoms with E-state index in [4.69, 9.17) is 10.5 Å². The van der Waals surface area contributed by atoms with Gasteiger partial charge in [0.15, 0.2) is 0 Å². The van der Waals surface area contributed by atoms with Crippen LogP contribution in [-0.4, -0.2) is 34.0 Å². The number of ether oxygens (including phenoxy) is 1. The third-order valence-corrected chi connectivity index (χ3v) is 5.53. The molecule has 146 valence electrons. The minimum Gasteiger partial charge on any atom is -0.487 e. The third kappa shape index (κ3) is 3.60. The summed E-state index contributed by atoms with van der Waals surface area (Å²) < 4.78 is 6.07. The van der Waals surface area contributed by atoms with Crippen LogP contribution in [0.5, 0.6) is 5.75 Å². The Labute approximate surface area is 163 Å². The molecule has 4 rings (SSSR count). The fourth-order valence-electron chi connectivity index (χ4n) is 3.99. The molecule has 1 heterocycles. The van der Waals surface area contributed by atoms with Crippen molar-refractivity contribution >= 4 is 11.8 Å². The van der Waals surface area contributed by atoms with Gasteiger partial charge in [0.25, 0.3) is 5.91 Å². The van der Waals surface area contributed by atoms with Crippen molar-refractivity contribution in [2.75, 3.05) is 0 Å². The number of carbonyl (C=O) groups excluding carboxylic acids is 2. The molecule has 1 aliphatic carbocycles. The molecule has 6 nitrogen and oxygen atoms in total. The predicted octanol–water partition coefficient (Wildman–Crippen LogP) is 2.62. The van der Waals surface area contributed by atoms with Crippen molar-refractivity contribution in [2.45, 2.75) is 51.0 Å². The van der Waals surface area contributed by atoms with Gasteiger partial charge >= 0.3 is 0 Å². The van der Waals surface area contributed by atoms with Crippen molar-refractivity contribution < 1.29 is 19.4 Å². The summed E-state index contributed by atoms with van der Waals surface area (Å²) in [6, 6.07) is 12.6. The molecule has 6 heteroatoms. The number of aliphatic hydroxyl groups is 1. The monoisotopic (exact) mass is 380 g/mol. The predicted molar refractivity (Wildman–Crippen MR) is 104 cm³/mol. The van der Waals surface area contributed by atoms with E-state index in [-0.39, 0.29) is 12.0 Å². The molecule has 3 N–H and O–H groups in total. The van der Waals surface area contributed by atoms with E-state index in [1.54, 1.807) is 17.0 Å². The number of primary amides is 1. The minimum atomic E-state index is -0.485. The third-order valence-electron chi connectivity index (χ3n) is 5.53. The van der Waals surface area contributed by atoms with E-state index >= 15 is 0 Å². The molecule has 2 aromatic rings. The lowest BCUT2D eigenvalue weighted by molar-refractivity contribution is 0.00636. The van der Waals surface area contributed by atoms with Gasteiger partial charge < -0.3 is 20.5 Å². The standard InChI is InChI=1S/C22H24N2O4/c23-21(26)15-10-8-14(9-11-15)12-24-13-16-4-3-7-19(20(16)22(24)27)28-18-6-2-1-5-17(18)25/h3-4,7-11,17-18,25H,1-2,5-6,12-13H2,(H2,23,26)/t17-,18?/m0/s1. The molecule has 1 saturated carbocycles. The van der Waals surface area contributed by atoms with Crippen molar-refractivity contribution in [3.8, 4) is 5.75 Å². The fraction of sp³-hybridized carbons (Fsp3) is 0.364. The van der Waals surface area contributed by atoms with Gasteiger partial charge in [0, 0.05) is 18.7 Å². The Balaban J connectivity index is 1.51. The molecule has 0 aromatic heterocycles. The topological polar surface area (TPSA) is 92.9 Å². The van der Waals surface area contributed by atoms with Crippen molar-refractivity contribution in [3.63, 3.8) is 0 Å². The van der Waals surface area contributed by atoms with Crippen LogP contribution in [0.2, 0.25) is 0 Å². The number of nitrogens with two attached hydrogens (primary N) is 1. The van der Waals surface area contributed by atoms with Gasteiger partial charge in [0.1, 0.15) is 11.9 Å². The number of amides is 2. The van der Waals surface area contributed by atoms with E-state index < -0.39 is 12.0 Å². The van der Waals surface area contributed by atoms with Crippen LogP contribution in [0.15, 0.2) is 42.5 Å². The fourth-order valence-corrected chi connectivity index (χ4v) is 3.99.